The quantitative estimate of drug-likeness (QED) is 0.431. The van der Waals surface area contributed by atoms with Crippen LogP contribution in [0.15, 0.2) is 48.5 Å². The number of nitrogens with zero attached hydrogens (tertiary/aromatic N) is 3. The molecule has 10 nitrogen and oxygen atoms in total. The normalized spacial score (nSPS) is 18.1. The lowest BCUT2D eigenvalue weighted by Crippen LogP contribution is -2.45. The van der Waals surface area contributed by atoms with Crippen LogP contribution < -0.4 is 10.1 Å². The van der Waals surface area contributed by atoms with Gasteiger partial charge in [0.1, 0.15) is 29.5 Å². The Morgan fingerprint density at radius 2 is 1.53 bits per heavy atom. The number of hydrogen-bond donors (Lipinski definition) is 1. The Balaban J connectivity index is 1.41. The fourth-order valence-electron chi connectivity index (χ4n) is 5.26. The van der Waals surface area contributed by atoms with Crippen molar-refractivity contribution in [2.75, 3.05) is 19.6 Å². The van der Waals surface area contributed by atoms with Crippen LogP contribution in [0.2, 0.25) is 0 Å². The molecular weight excluding hydrogens is 548 g/mol. The van der Waals surface area contributed by atoms with Crippen molar-refractivity contribution in [3.05, 3.63) is 54.1 Å². The Morgan fingerprint density at radius 1 is 0.930 bits per heavy atom. The SMILES string of the molecule is CC(C)OC(=O)N1CCC(Oc2ccc(-c3ccc([C@H](NC(=O)OC(C)(C)C)C(=O)N4CCC[C@H]4C#N)cc3)cc2)CC1. The summed E-state index contributed by atoms with van der Waals surface area (Å²) in [4.78, 5) is 41.6. The Kier molecular flexibility index (Phi) is 10.2. The molecule has 0 spiro atoms. The largest absolute Gasteiger partial charge is 0.490 e. The van der Waals surface area contributed by atoms with Crippen LogP contribution in [-0.4, -0.2) is 71.4 Å². The predicted molar refractivity (Wildman–Crippen MR) is 161 cm³/mol. The first kappa shape index (κ1) is 31.7. The molecular formula is C33H42N4O6. The van der Waals surface area contributed by atoms with Gasteiger partial charge in [-0.2, -0.15) is 5.26 Å². The molecule has 0 radical (unpaired) electrons. The van der Waals surface area contributed by atoms with E-state index in [-0.39, 0.29) is 24.2 Å². The number of likely N-dealkylation sites (tertiary alicyclic amines) is 2. The Bertz CT molecular complexity index is 1300. The van der Waals surface area contributed by atoms with E-state index in [4.69, 9.17) is 14.2 Å². The van der Waals surface area contributed by atoms with Crippen LogP contribution >= 0.6 is 0 Å². The van der Waals surface area contributed by atoms with Crippen molar-refractivity contribution in [1.82, 2.24) is 15.1 Å². The summed E-state index contributed by atoms with van der Waals surface area (Å²) in [5.74, 6) is 0.431. The van der Waals surface area contributed by atoms with Crippen LogP contribution in [-0.2, 0) is 14.3 Å². The van der Waals surface area contributed by atoms with E-state index in [0.717, 1.165) is 36.1 Å². The van der Waals surface area contributed by atoms with Gasteiger partial charge in [0, 0.05) is 32.5 Å². The molecule has 3 amide bonds. The average molecular weight is 591 g/mol. The summed E-state index contributed by atoms with van der Waals surface area (Å²) in [5, 5.41) is 12.2. The molecule has 2 heterocycles. The zero-order chi connectivity index (χ0) is 31.1. The molecule has 0 aliphatic carbocycles. The van der Waals surface area contributed by atoms with Crippen molar-refractivity contribution in [2.45, 2.75) is 90.2 Å². The Morgan fingerprint density at radius 3 is 2.09 bits per heavy atom. The fraction of sp³-hybridized carbons (Fsp3) is 0.515. The molecule has 0 bridgehead atoms. The van der Waals surface area contributed by atoms with Crippen LogP contribution in [0.4, 0.5) is 9.59 Å². The van der Waals surface area contributed by atoms with Crippen molar-refractivity contribution in [1.29, 1.82) is 5.26 Å². The molecule has 2 aromatic rings. The molecule has 2 saturated heterocycles. The molecule has 0 unspecified atom stereocenters. The second-order valence-corrected chi connectivity index (χ2v) is 12.3. The van der Waals surface area contributed by atoms with E-state index < -0.39 is 23.8 Å². The third kappa shape index (κ3) is 8.63. The summed E-state index contributed by atoms with van der Waals surface area (Å²) in [7, 11) is 0. The topological polar surface area (TPSA) is 121 Å². The minimum absolute atomic E-state index is 0.0245. The molecule has 0 saturated carbocycles. The van der Waals surface area contributed by atoms with E-state index in [1.807, 2.05) is 62.4 Å². The minimum atomic E-state index is -0.979. The van der Waals surface area contributed by atoms with Gasteiger partial charge in [-0.3, -0.25) is 4.79 Å². The van der Waals surface area contributed by atoms with Gasteiger partial charge in [-0.25, -0.2) is 9.59 Å². The van der Waals surface area contributed by atoms with Gasteiger partial charge in [0.25, 0.3) is 5.91 Å². The van der Waals surface area contributed by atoms with Gasteiger partial charge in [-0.05, 0) is 76.3 Å². The lowest BCUT2D eigenvalue weighted by Gasteiger charge is -2.32. The molecule has 2 atom stereocenters. The van der Waals surface area contributed by atoms with Crippen molar-refractivity contribution in [3.63, 3.8) is 0 Å². The van der Waals surface area contributed by atoms with Crippen molar-refractivity contribution < 1.29 is 28.6 Å². The zero-order valence-electron chi connectivity index (χ0n) is 25.7. The third-order valence-electron chi connectivity index (χ3n) is 7.36. The Labute approximate surface area is 253 Å². The summed E-state index contributed by atoms with van der Waals surface area (Å²) in [6.07, 6.45) is 1.75. The van der Waals surface area contributed by atoms with Gasteiger partial charge >= 0.3 is 12.2 Å². The van der Waals surface area contributed by atoms with E-state index in [2.05, 4.69) is 11.4 Å². The molecule has 4 rings (SSSR count). The predicted octanol–water partition coefficient (Wildman–Crippen LogP) is 5.82. The summed E-state index contributed by atoms with van der Waals surface area (Å²) < 4.78 is 16.9. The number of piperidine rings is 1. The highest BCUT2D eigenvalue weighted by Crippen LogP contribution is 2.28. The van der Waals surface area contributed by atoms with Gasteiger partial charge < -0.3 is 29.3 Å². The molecule has 2 aromatic carbocycles. The van der Waals surface area contributed by atoms with Gasteiger partial charge in [-0.1, -0.05) is 36.4 Å². The number of benzene rings is 2. The lowest BCUT2D eigenvalue weighted by atomic mass is 9.99. The highest BCUT2D eigenvalue weighted by molar-refractivity contribution is 5.88. The number of rotatable bonds is 7. The number of ether oxygens (including phenoxy) is 3. The van der Waals surface area contributed by atoms with Crippen molar-refractivity contribution in [3.8, 4) is 22.9 Å². The second-order valence-electron chi connectivity index (χ2n) is 12.3. The molecule has 43 heavy (non-hydrogen) atoms. The standard InChI is InChI=1S/C33H42N4O6/c1-22(2)41-32(40)36-19-16-28(17-20-36)42-27-14-12-24(13-15-27)23-8-10-25(11-9-23)29(35-31(39)43-33(3,4)5)30(38)37-18-6-7-26(37)21-34/h8-15,22,26,28-29H,6-7,16-20H2,1-5H3,(H,35,39)/t26-,29-/m0/s1. The van der Waals surface area contributed by atoms with E-state index in [1.165, 1.54) is 4.90 Å². The number of hydrogen-bond acceptors (Lipinski definition) is 7. The van der Waals surface area contributed by atoms with Gasteiger partial charge in [0.05, 0.1) is 12.2 Å². The van der Waals surface area contributed by atoms with Crippen LogP contribution in [0.3, 0.4) is 0 Å². The molecule has 10 heteroatoms. The highest BCUT2D eigenvalue weighted by atomic mass is 16.6. The molecule has 230 valence electrons. The second kappa shape index (κ2) is 13.8. The van der Waals surface area contributed by atoms with Crippen molar-refractivity contribution >= 4 is 18.1 Å². The maximum atomic E-state index is 13.5. The van der Waals surface area contributed by atoms with E-state index >= 15 is 0 Å². The molecule has 1 N–H and O–H groups in total. The summed E-state index contributed by atoms with van der Waals surface area (Å²) >= 11 is 0. The van der Waals surface area contributed by atoms with Crippen LogP contribution in [0.5, 0.6) is 5.75 Å². The minimum Gasteiger partial charge on any atom is -0.490 e. The Hall–Kier alpha value is -4.26. The first-order chi connectivity index (χ1) is 20.4. The van der Waals surface area contributed by atoms with Crippen LogP contribution in [0, 0.1) is 11.3 Å². The number of carbonyl (C=O) groups is 3. The van der Waals surface area contributed by atoms with E-state index in [1.54, 1.807) is 25.7 Å². The lowest BCUT2D eigenvalue weighted by molar-refractivity contribution is -0.133. The first-order valence-electron chi connectivity index (χ1n) is 15.0. The number of nitrogens with one attached hydrogen (secondary N) is 1. The maximum Gasteiger partial charge on any atom is 0.410 e. The van der Waals surface area contributed by atoms with E-state index in [9.17, 15) is 19.6 Å². The summed E-state index contributed by atoms with van der Waals surface area (Å²) in [6.45, 7) is 10.6. The molecule has 2 aliphatic rings. The van der Waals surface area contributed by atoms with Crippen LogP contribution in [0.1, 0.15) is 71.9 Å². The number of carbonyl (C=O) groups excluding carboxylic acids is 3. The van der Waals surface area contributed by atoms with Crippen molar-refractivity contribution in [2.24, 2.45) is 0 Å². The average Bonchev–Trinajstić information content (AvgIpc) is 3.44. The monoisotopic (exact) mass is 590 g/mol. The molecule has 0 aromatic heterocycles. The summed E-state index contributed by atoms with van der Waals surface area (Å²) in [5.41, 5.74) is 1.79. The smallest absolute Gasteiger partial charge is 0.410 e. The summed E-state index contributed by atoms with van der Waals surface area (Å²) in [6, 6.07) is 15.9. The number of amides is 3. The number of alkyl carbamates (subject to hydrolysis) is 1. The van der Waals surface area contributed by atoms with Gasteiger partial charge in [0.15, 0.2) is 0 Å². The van der Waals surface area contributed by atoms with Gasteiger partial charge in [-0.15, -0.1) is 0 Å². The van der Waals surface area contributed by atoms with E-state index in [0.29, 0.717) is 31.6 Å². The molecule has 2 aliphatic heterocycles. The third-order valence-corrected chi connectivity index (χ3v) is 7.36. The van der Waals surface area contributed by atoms with Crippen LogP contribution in [0.25, 0.3) is 11.1 Å². The van der Waals surface area contributed by atoms with Gasteiger partial charge in [0.2, 0.25) is 0 Å². The number of nitriles is 1. The highest BCUT2D eigenvalue weighted by Gasteiger charge is 2.35. The first-order valence-corrected chi connectivity index (χ1v) is 15.0. The zero-order valence-corrected chi connectivity index (χ0v) is 25.7. The molecule has 2 fully saturated rings. The maximum absolute atomic E-state index is 13.5. The fourth-order valence-corrected chi connectivity index (χ4v) is 5.26.